The quantitative estimate of drug-likeness (QED) is 0.749. The van der Waals surface area contributed by atoms with E-state index >= 15 is 0 Å². The summed E-state index contributed by atoms with van der Waals surface area (Å²) < 4.78 is 11.5. The lowest BCUT2D eigenvalue weighted by atomic mass is 10.0. The molecule has 0 aromatic heterocycles. The summed E-state index contributed by atoms with van der Waals surface area (Å²) in [6.07, 6.45) is 2.43. The van der Waals surface area contributed by atoms with Gasteiger partial charge in [-0.2, -0.15) is 0 Å². The number of amides is 1. The van der Waals surface area contributed by atoms with E-state index in [4.69, 9.17) is 15.2 Å². The Morgan fingerprint density at radius 1 is 1.30 bits per heavy atom. The van der Waals surface area contributed by atoms with Crippen LogP contribution >= 0.6 is 12.4 Å². The summed E-state index contributed by atoms with van der Waals surface area (Å²) >= 11 is 0. The van der Waals surface area contributed by atoms with Gasteiger partial charge < -0.3 is 20.5 Å². The topological polar surface area (TPSA) is 73.6 Å². The molecule has 1 amide bonds. The smallest absolute Gasteiger partial charge is 0.226 e. The van der Waals surface area contributed by atoms with E-state index in [0.717, 1.165) is 30.6 Å². The number of nitrogens with two attached hydrogens (primary N) is 1. The zero-order valence-electron chi connectivity index (χ0n) is 15.5. The van der Waals surface area contributed by atoms with Crippen molar-refractivity contribution in [3.8, 4) is 5.75 Å². The highest BCUT2D eigenvalue weighted by Crippen LogP contribution is 2.27. The standard InChI is InChI=1S/C21H26N2O3.ClH/c1-15-9-10-19(20(12-15)26-14-17-8-5-11-25-17)23-21(24)13-18(22)16-6-3-2-4-7-16;/h2-4,6-7,9-10,12,17-18H,5,8,11,13-14,22H2,1H3,(H,23,24);1H. The number of benzene rings is 2. The van der Waals surface area contributed by atoms with Crippen LogP contribution in [0, 0.1) is 6.92 Å². The molecule has 1 aliphatic rings. The summed E-state index contributed by atoms with van der Waals surface area (Å²) in [5.41, 5.74) is 8.83. The number of carbonyl (C=O) groups is 1. The molecule has 1 heterocycles. The zero-order valence-corrected chi connectivity index (χ0v) is 16.3. The van der Waals surface area contributed by atoms with Crippen molar-refractivity contribution in [3.63, 3.8) is 0 Å². The first kappa shape index (κ1) is 21.2. The van der Waals surface area contributed by atoms with Crippen molar-refractivity contribution in [2.24, 2.45) is 5.73 Å². The highest BCUT2D eigenvalue weighted by atomic mass is 35.5. The molecule has 0 aliphatic carbocycles. The maximum absolute atomic E-state index is 12.4. The van der Waals surface area contributed by atoms with E-state index in [1.54, 1.807) is 0 Å². The van der Waals surface area contributed by atoms with E-state index in [9.17, 15) is 4.79 Å². The Kier molecular flexibility index (Phi) is 8.10. The van der Waals surface area contributed by atoms with E-state index in [1.807, 2.05) is 55.5 Å². The molecule has 1 fully saturated rings. The number of anilines is 1. The predicted molar refractivity (Wildman–Crippen MR) is 110 cm³/mol. The molecule has 2 aromatic carbocycles. The van der Waals surface area contributed by atoms with Crippen molar-refractivity contribution in [1.29, 1.82) is 0 Å². The number of carbonyl (C=O) groups excluding carboxylic acids is 1. The monoisotopic (exact) mass is 390 g/mol. The number of nitrogens with one attached hydrogen (secondary N) is 1. The first-order valence-electron chi connectivity index (χ1n) is 9.07. The molecule has 0 spiro atoms. The zero-order chi connectivity index (χ0) is 18.4. The maximum atomic E-state index is 12.4. The van der Waals surface area contributed by atoms with Crippen LogP contribution in [0.2, 0.25) is 0 Å². The lowest BCUT2D eigenvalue weighted by Crippen LogP contribution is -2.21. The number of aryl methyl sites for hydroxylation is 1. The molecule has 27 heavy (non-hydrogen) atoms. The molecule has 3 N–H and O–H groups in total. The molecular weight excluding hydrogens is 364 g/mol. The summed E-state index contributed by atoms with van der Waals surface area (Å²) in [7, 11) is 0. The minimum Gasteiger partial charge on any atom is -0.489 e. The average molecular weight is 391 g/mol. The molecule has 0 saturated carbocycles. The van der Waals surface area contributed by atoms with Gasteiger partial charge in [0, 0.05) is 19.1 Å². The van der Waals surface area contributed by atoms with Crippen molar-refractivity contribution in [3.05, 3.63) is 59.7 Å². The number of rotatable bonds is 7. The molecule has 3 rings (SSSR count). The second kappa shape index (κ2) is 10.3. The fourth-order valence-corrected chi connectivity index (χ4v) is 3.03. The van der Waals surface area contributed by atoms with Crippen LogP contribution in [0.4, 0.5) is 5.69 Å². The molecule has 0 radical (unpaired) electrons. The van der Waals surface area contributed by atoms with Crippen molar-refractivity contribution < 1.29 is 14.3 Å². The molecule has 5 nitrogen and oxygen atoms in total. The Bertz CT molecular complexity index is 733. The fourth-order valence-electron chi connectivity index (χ4n) is 3.03. The minimum absolute atomic E-state index is 0. The van der Waals surface area contributed by atoms with Gasteiger partial charge in [-0.05, 0) is 43.0 Å². The second-order valence-corrected chi connectivity index (χ2v) is 6.72. The van der Waals surface area contributed by atoms with Gasteiger partial charge in [-0.25, -0.2) is 0 Å². The first-order chi connectivity index (χ1) is 12.6. The molecule has 0 bridgehead atoms. The lowest BCUT2D eigenvalue weighted by molar-refractivity contribution is -0.116. The third-order valence-corrected chi connectivity index (χ3v) is 4.49. The highest BCUT2D eigenvalue weighted by Gasteiger charge is 2.18. The highest BCUT2D eigenvalue weighted by molar-refractivity contribution is 5.92. The predicted octanol–water partition coefficient (Wildman–Crippen LogP) is 4.00. The number of halogens is 1. The minimum atomic E-state index is -0.335. The van der Waals surface area contributed by atoms with Crippen LogP contribution in [0.5, 0.6) is 5.75 Å². The molecule has 1 aliphatic heterocycles. The fraction of sp³-hybridized carbons (Fsp3) is 0.381. The summed E-state index contributed by atoms with van der Waals surface area (Å²) in [5.74, 6) is 0.536. The Morgan fingerprint density at radius 3 is 2.78 bits per heavy atom. The largest absolute Gasteiger partial charge is 0.489 e. The lowest BCUT2D eigenvalue weighted by Gasteiger charge is -2.17. The SMILES string of the molecule is Cc1ccc(NC(=O)CC(N)c2ccccc2)c(OCC2CCCO2)c1.Cl. The van der Waals surface area contributed by atoms with Gasteiger partial charge in [0.15, 0.2) is 0 Å². The summed E-state index contributed by atoms with van der Waals surface area (Å²) in [6.45, 7) is 3.29. The van der Waals surface area contributed by atoms with Crippen LogP contribution < -0.4 is 15.8 Å². The van der Waals surface area contributed by atoms with Crippen molar-refractivity contribution in [2.75, 3.05) is 18.5 Å². The van der Waals surface area contributed by atoms with E-state index in [0.29, 0.717) is 18.0 Å². The van der Waals surface area contributed by atoms with E-state index in [1.165, 1.54) is 0 Å². The van der Waals surface area contributed by atoms with E-state index in [2.05, 4.69) is 5.32 Å². The van der Waals surface area contributed by atoms with Gasteiger partial charge in [0.25, 0.3) is 0 Å². The van der Waals surface area contributed by atoms with Crippen LogP contribution in [0.25, 0.3) is 0 Å². The van der Waals surface area contributed by atoms with Crippen LogP contribution in [0.15, 0.2) is 48.5 Å². The molecule has 2 atom stereocenters. The first-order valence-corrected chi connectivity index (χ1v) is 9.07. The number of hydrogen-bond donors (Lipinski definition) is 2. The summed E-state index contributed by atoms with van der Waals surface area (Å²) in [4.78, 5) is 12.4. The maximum Gasteiger partial charge on any atom is 0.226 e. The van der Waals surface area contributed by atoms with Gasteiger partial charge in [0.1, 0.15) is 12.4 Å². The van der Waals surface area contributed by atoms with Gasteiger partial charge in [0.2, 0.25) is 5.91 Å². The third kappa shape index (κ3) is 6.24. The molecule has 146 valence electrons. The Balaban J connectivity index is 0.00000261. The van der Waals surface area contributed by atoms with Gasteiger partial charge in [-0.3, -0.25) is 4.79 Å². The molecular formula is C21H27ClN2O3. The van der Waals surface area contributed by atoms with Crippen molar-refractivity contribution >= 4 is 24.0 Å². The van der Waals surface area contributed by atoms with Crippen LogP contribution in [0.1, 0.15) is 36.4 Å². The van der Waals surface area contributed by atoms with Crippen molar-refractivity contribution in [2.45, 2.75) is 38.3 Å². The third-order valence-electron chi connectivity index (χ3n) is 4.49. The molecule has 1 saturated heterocycles. The second-order valence-electron chi connectivity index (χ2n) is 6.72. The Hall–Kier alpha value is -2.08. The van der Waals surface area contributed by atoms with Crippen LogP contribution in [-0.4, -0.2) is 25.2 Å². The Morgan fingerprint density at radius 2 is 2.07 bits per heavy atom. The van der Waals surface area contributed by atoms with Crippen molar-refractivity contribution in [1.82, 2.24) is 0 Å². The molecule has 6 heteroatoms. The number of ether oxygens (including phenoxy) is 2. The van der Waals surface area contributed by atoms with Crippen LogP contribution in [0.3, 0.4) is 0 Å². The molecule has 2 unspecified atom stereocenters. The van der Waals surface area contributed by atoms with Gasteiger partial charge in [-0.15, -0.1) is 12.4 Å². The van der Waals surface area contributed by atoms with Gasteiger partial charge in [0.05, 0.1) is 11.8 Å². The molecule has 2 aromatic rings. The average Bonchev–Trinajstić information content (AvgIpc) is 3.16. The van der Waals surface area contributed by atoms with E-state index in [-0.39, 0.29) is 36.9 Å². The summed E-state index contributed by atoms with van der Waals surface area (Å²) in [6, 6.07) is 15.0. The summed E-state index contributed by atoms with van der Waals surface area (Å²) in [5, 5.41) is 2.93. The Labute approximate surface area is 166 Å². The number of hydrogen-bond acceptors (Lipinski definition) is 4. The van der Waals surface area contributed by atoms with E-state index < -0.39 is 0 Å². The normalized spacial score (nSPS) is 17.0. The van der Waals surface area contributed by atoms with Gasteiger partial charge in [-0.1, -0.05) is 36.4 Å². The van der Waals surface area contributed by atoms with Gasteiger partial charge >= 0.3 is 0 Å². The van der Waals surface area contributed by atoms with Crippen LogP contribution in [-0.2, 0) is 9.53 Å².